The van der Waals surface area contributed by atoms with E-state index in [1.165, 1.54) is 12.1 Å². The normalized spacial score (nSPS) is 9.85. The standard InChI is InChI=1S/C18H18O8/c1-3-14(19)25-9-7-11-5-6-13(17(21)22)12(16(11)18(23)24)8-10-26-15(20)4-2/h3-6H,1-2,7-10H2,(H,21,22)(H,23,24). The molecule has 8 nitrogen and oxygen atoms in total. The van der Waals surface area contributed by atoms with Crippen LogP contribution < -0.4 is 0 Å². The largest absolute Gasteiger partial charge is 0.478 e. The molecular weight excluding hydrogens is 344 g/mol. The van der Waals surface area contributed by atoms with Gasteiger partial charge in [-0.1, -0.05) is 19.2 Å². The van der Waals surface area contributed by atoms with Crippen molar-refractivity contribution in [3.8, 4) is 0 Å². The van der Waals surface area contributed by atoms with E-state index in [4.69, 9.17) is 9.47 Å². The van der Waals surface area contributed by atoms with Crippen LogP contribution in [0.5, 0.6) is 0 Å². The van der Waals surface area contributed by atoms with Crippen LogP contribution in [0.4, 0.5) is 0 Å². The van der Waals surface area contributed by atoms with Crippen molar-refractivity contribution in [3.05, 3.63) is 59.7 Å². The number of benzene rings is 1. The van der Waals surface area contributed by atoms with Gasteiger partial charge < -0.3 is 19.7 Å². The summed E-state index contributed by atoms with van der Waals surface area (Å²) in [7, 11) is 0. The predicted molar refractivity (Wildman–Crippen MR) is 90.1 cm³/mol. The van der Waals surface area contributed by atoms with Crippen LogP contribution >= 0.6 is 0 Å². The Morgan fingerprint density at radius 3 is 1.88 bits per heavy atom. The Kier molecular flexibility index (Phi) is 7.75. The zero-order chi connectivity index (χ0) is 19.7. The third-order valence-electron chi connectivity index (χ3n) is 3.39. The lowest BCUT2D eigenvalue weighted by Crippen LogP contribution is -2.17. The fraction of sp³-hybridized carbons (Fsp3) is 0.222. The van der Waals surface area contributed by atoms with E-state index in [-0.39, 0.29) is 42.7 Å². The third-order valence-corrected chi connectivity index (χ3v) is 3.39. The van der Waals surface area contributed by atoms with Crippen LogP contribution in [0, 0.1) is 0 Å². The number of carboxylic acid groups (broad SMARTS) is 2. The van der Waals surface area contributed by atoms with E-state index in [2.05, 4.69) is 13.2 Å². The molecule has 2 N–H and O–H groups in total. The highest BCUT2D eigenvalue weighted by atomic mass is 16.5. The van der Waals surface area contributed by atoms with Crippen LogP contribution in [0.3, 0.4) is 0 Å². The minimum atomic E-state index is -1.33. The van der Waals surface area contributed by atoms with Crippen LogP contribution in [0.2, 0.25) is 0 Å². The Bertz CT molecular complexity index is 748. The van der Waals surface area contributed by atoms with Crippen molar-refractivity contribution in [1.82, 2.24) is 0 Å². The van der Waals surface area contributed by atoms with Gasteiger partial charge in [0.05, 0.1) is 24.3 Å². The maximum absolute atomic E-state index is 11.7. The van der Waals surface area contributed by atoms with Gasteiger partial charge in [-0.05, 0) is 17.2 Å². The molecule has 0 bridgehead atoms. The molecule has 0 radical (unpaired) electrons. The van der Waals surface area contributed by atoms with Gasteiger partial charge >= 0.3 is 23.9 Å². The van der Waals surface area contributed by atoms with Crippen molar-refractivity contribution in [1.29, 1.82) is 0 Å². The molecular formula is C18H18O8. The lowest BCUT2D eigenvalue weighted by atomic mass is 9.92. The molecule has 0 aliphatic rings. The van der Waals surface area contributed by atoms with Gasteiger partial charge in [-0.3, -0.25) is 0 Å². The fourth-order valence-corrected chi connectivity index (χ4v) is 2.26. The first-order valence-corrected chi connectivity index (χ1v) is 7.51. The number of carbonyl (C=O) groups excluding carboxylic acids is 2. The average molecular weight is 362 g/mol. The van der Waals surface area contributed by atoms with E-state index < -0.39 is 23.9 Å². The van der Waals surface area contributed by atoms with Crippen molar-refractivity contribution < 1.29 is 38.9 Å². The smallest absolute Gasteiger partial charge is 0.336 e. The summed E-state index contributed by atoms with van der Waals surface area (Å²) in [5.74, 6) is -3.99. The van der Waals surface area contributed by atoms with Crippen molar-refractivity contribution in [3.63, 3.8) is 0 Å². The monoisotopic (exact) mass is 362 g/mol. The van der Waals surface area contributed by atoms with E-state index in [1.807, 2.05) is 0 Å². The van der Waals surface area contributed by atoms with E-state index >= 15 is 0 Å². The second-order valence-corrected chi connectivity index (χ2v) is 4.98. The van der Waals surface area contributed by atoms with Gasteiger partial charge in [-0.2, -0.15) is 0 Å². The molecule has 0 amide bonds. The lowest BCUT2D eigenvalue weighted by Gasteiger charge is -2.14. The first-order valence-electron chi connectivity index (χ1n) is 7.51. The van der Waals surface area contributed by atoms with Gasteiger partial charge in [-0.15, -0.1) is 0 Å². The summed E-state index contributed by atoms with van der Waals surface area (Å²) in [5, 5.41) is 18.8. The Balaban J connectivity index is 3.17. The molecule has 0 fully saturated rings. The maximum atomic E-state index is 11.7. The Hall–Kier alpha value is -3.42. The molecule has 26 heavy (non-hydrogen) atoms. The molecule has 1 aromatic carbocycles. The quantitative estimate of drug-likeness (QED) is 0.475. The molecule has 0 heterocycles. The second-order valence-electron chi connectivity index (χ2n) is 4.98. The Morgan fingerprint density at radius 2 is 1.42 bits per heavy atom. The number of carbonyl (C=O) groups is 4. The summed E-state index contributed by atoms with van der Waals surface area (Å²) in [6.45, 7) is 6.18. The Morgan fingerprint density at radius 1 is 0.885 bits per heavy atom. The molecule has 0 aliphatic heterocycles. The summed E-state index contributed by atoms with van der Waals surface area (Å²) in [6.07, 6.45) is 1.88. The highest BCUT2D eigenvalue weighted by Crippen LogP contribution is 2.22. The molecule has 138 valence electrons. The van der Waals surface area contributed by atoms with E-state index in [9.17, 15) is 29.4 Å². The molecule has 0 spiro atoms. The van der Waals surface area contributed by atoms with E-state index in [0.717, 1.165) is 12.2 Å². The van der Waals surface area contributed by atoms with Crippen molar-refractivity contribution in [2.45, 2.75) is 12.8 Å². The summed E-state index contributed by atoms with van der Waals surface area (Å²) in [4.78, 5) is 45.3. The number of aromatic carboxylic acids is 2. The molecule has 0 unspecified atom stereocenters. The van der Waals surface area contributed by atoms with Crippen molar-refractivity contribution >= 4 is 23.9 Å². The number of esters is 2. The SMILES string of the molecule is C=CC(=O)OCCc1ccc(C(=O)O)c(CCOC(=O)C=C)c1C(=O)O. The maximum Gasteiger partial charge on any atom is 0.336 e. The van der Waals surface area contributed by atoms with Crippen LogP contribution in [0.25, 0.3) is 0 Å². The van der Waals surface area contributed by atoms with Crippen molar-refractivity contribution in [2.75, 3.05) is 13.2 Å². The number of rotatable bonds is 10. The number of carboxylic acids is 2. The topological polar surface area (TPSA) is 127 Å². The summed E-state index contributed by atoms with van der Waals surface area (Å²) < 4.78 is 9.64. The van der Waals surface area contributed by atoms with Gasteiger partial charge in [0.25, 0.3) is 0 Å². The summed E-state index contributed by atoms with van der Waals surface area (Å²) in [5.41, 5.74) is -0.100. The van der Waals surface area contributed by atoms with Crippen LogP contribution in [-0.2, 0) is 31.9 Å². The highest BCUT2D eigenvalue weighted by Gasteiger charge is 2.22. The van der Waals surface area contributed by atoms with E-state index in [0.29, 0.717) is 5.56 Å². The first kappa shape index (κ1) is 20.6. The first-order chi connectivity index (χ1) is 12.3. The van der Waals surface area contributed by atoms with Crippen LogP contribution in [0.15, 0.2) is 37.4 Å². The highest BCUT2D eigenvalue weighted by molar-refractivity contribution is 5.97. The second kappa shape index (κ2) is 9.77. The van der Waals surface area contributed by atoms with Gasteiger partial charge in [0.2, 0.25) is 0 Å². The average Bonchev–Trinajstić information content (AvgIpc) is 2.60. The molecule has 1 rings (SSSR count). The molecule has 0 aromatic heterocycles. The summed E-state index contributed by atoms with van der Waals surface area (Å²) >= 11 is 0. The van der Waals surface area contributed by atoms with Gasteiger partial charge in [0, 0.05) is 25.0 Å². The molecule has 0 saturated heterocycles. The number of ether oxygens (including phenoxy) is 2. The Labute approximate surface area is 149 Å². The summed E-state index contributed by atoms with van der Waals surface area (Å²) in [6, 6.07) is 2.62. The minimum Gasteiger partial charge on any atom is -0.478 e. The van der Waals surface area contributed by atoms with Crippen LogP contribution in [-0.4, -0.2) is 47.3 Å². The minimum absolute atomic E-state index is 0.0226. The molecule has 0 aliphatic carbocycles. The molecule has 0 atom stereocenters. The molecule has 1 aromatic rings. The fourth-order valence-electron chi connectivity index (χ4n) is 2.26. The number of hydrogen-bond donors (Lipinski definition) is 2. The van der Waals surface area contributed by atoms with Gasteiger partial charge in [-0.25, -0.2) is 19.2 Å². The van der Waals surface area contributed by atoms with E-state index in [1.54, 1.807) is 0 Å². The van der Waals surface area contributed by atoms with Gasteiger partial charge in [0.1, 0.15) is 0 Å². The van der Waals surface area contributed by atoms with Crippen LogP contribution in [0.1, 0.15) is 31.8 Å². The zero-order valence-corrected chi connectivity index (χ0v) is 13.9. The van der Waals surface area contributed by atoms with Gasteiger partial charge in [0.15, 0.2) is 0 Å². The number of hydrogen-bond acceptors (Lipinski definition) is 6. The third kappa shape index (κ3) is 5.59. The lowest BCUT2D eigenvalue weighted by molar-refractivity contribution is -0.138. The molecule has 8 heteroatoms. The molecule has 0 saturated carbocycles. The predicted octanol–water partition coefficient (Wildman–Crippen LogP) is 1.63. The van der Waals surface area contributed by atoms with Crippen molar-refractivity contribution in [2.24, 2.45) is 0 Å². The zero-order valence-electron chi connectivity index (χ0n) is 13.9.